The average molecular weight is 423 g/mol. The van der Waals surface area contributed by atoms with Gasteiger partial charge in [0.05, 0.1) is 0 Å². The van der Waals surface area contributed by atoms with Crippen molar-refractivity contribution in [2.45, 2.75) is 9.79 Å². The van der Waals surface area contributed by atoms with Gasteiger partial charge in [-0.2, -0.15) is 0 Å². The molecule has 146 valence electrons. The Kier molecular flexibility index (Phi) is 7.27. The highest BCUT2D eigenvalue weighted by atomic mass is 32.2. The highest BCUT2D eigenvalue weighted by molar-refractivity contribution is 8.02. The third-order valence-electron chi connectivity index (χ3n) is 4.57. The van der Waals surface area contributed by atoms with Crippen molar-refractivity contribution >= 4 is 35.7 Å². The molecule has 0 unspecified atom stereocenters. The first-order chi connectivity index (χ1) is 14.9. The van der Waals surface area contributed by atoms with Crippen molar-refractivity contribution in [2.24, 2.45) is 0 Å². The third-order valence-corrected chi connectivity index (χ3v) is 6.20. The normalized spacial score (nSPS) is 11.3. The molecule has 0 heterocycles. The number of hydrogen-bond acceptors (Lipinski definition) is 2. The van der Waals surface area contributed by atoms with Crippen LogP contribution in [-0.4, -0.2) is 0 Å². The summed E-state index contributed by atoms with van der Waals surface area (Å²) in [5.74, 6) is 0. The van der Waals surface area contributed by atoms with Gasteiger partial charge in [0.25, 0.3) is 0 Å². The number of rotatable bonds is 7. The van der Waals surface area contributed by atoms with Gasteiger partial charge in [0, 0.05) is 9.79 Å². The van der Waals surface area contributed by atoms with Crippen molar-refractivity contribution in [3.05, 3.63) is 131 Å². The summed E-state index contributed by atoms with van der Waals surface area (Å²) in [7, 11) is 0. The molecule has 0 aromatic heterocycles. The Balaban J connectivity index is 1.34. The predicted molar refractivity (Wildman–Crippen MR) is 135 cm³/mol. The number of thioether (sulfide) groups is 2. The zero-order chi connectivity index (χ0) is 20.4. The fourth-order valence-electron chi connectivity index (χ4n) is 2.95. The second-order valence-electron chi connectivity index (χ2n) is 6.71. The second kappa shape index (κ2) is 10.7. The van der Waals surface area contributed by atoms with E-state index in [-0.39, 0.29) is 0 Å². The van der Waals surface area contributed by atoms with Gasteiger partial charge in [0.1, 0.15) is 0 Å². The van der Waals surface area contributed by atoms with Gasteiger partial charge < -0.3 is 0 Å². The van der Waals surface area contributed by atoms with Crippen molar-refractivity contribution in [1.82, 2.24) is 0 Å². The molecular formula is C28H22S2. The van der Waals surface area contributed by atoms with E-state index in [2.05, 4.69) is 120 Å². The molecule has 0 amide bonds. The molecule has 0 radical (unpaired) electrons. The first-order valence-corrected chi connectivity index (χ1v) is 11.6. The maximum Gasteiger partial charge on any atom is 0.0116 e. The van der Waals surface area contributed by atoms with Gasteiger partial charge in [-0.15, -0.1) is 0 Å². The van der Waals surface area contributed by atoms with E-state index in [1.165, 1.54) is 32.0 Å². The lowest BCUT2D eigenvalue weighted by molar-refractivity contribution is 1.47. The zero-order valence-electron chi connectivity index (χ0n) is 16.5. The van der Waals surface area contributed by atoms with Gasteiger partial charge in [-0.05, 0) is 69.5 Å². The molecule has 30 heavy (non-hydrogen) atoms. The largest absolute Gasteiger partial charge is 0.0981 e. The fraction of sp³-hybridized carbons (Fsp3) is 0. The molecule has 0 aliphatic heterocycles. The van der Waals surface area contributed by atoms with Crippen LogP contribution in [-0.2, 0) is 0 Å². The molecule has 4 aromatic rings. The summed E-state index contributed by atoms with van der Waals surface area (Å²) in [6.07, 6.45) is 4.31. The van der Waals surface area contributed by atoms with Gasteiger partial charge in [0.15, 0.2) is 0 Å². The Labute approximate surface area is 187 Å². The summed E-state index contributed by atoms with van der Waals surface area (Å²) in [5.41, 5.74) is 4.88. The third kappa shape index (κ3) is 6.03. The quantitative estimate of drug-likeness (QED) is 0.273. The molecule has 0 spiro atoms. The van der Waals surface area contributed by atoms with Crippen LogP contribution in [0.25, 0.3) is 23.3 Å². The van der Waals surface area contributed by atoms with Crippen LogP contribution in [0.3, 0.4) is 0 Å². The van der Waals surface area contributed by atoms with Crippen LogP contribution in [0.15, 0.2) is 130 Å². The van der Waals surface area contributed by atoms with Crippen LogP contribution in [0.1, 0.15) is 11.1 Å². The summed E-state index contributed by atoms with van der Waals surface area (Å²) in [4.78, 5) is 2.50. The maximum atomic E-state index is 2.18. The van der Waals surface area contributed by atoms with Gasteiger partial charge in [-0.3, -0.25) is 0 Å². The monoisotopic (exact) mass is 422 g/mol. The van der Waals surface area contributed by atoms with E-state index in [1.807, 2.05) is 12.1 Å². The lowest BCUT2D eigenvalue weighted by atomic mass is 10.0. The van der Waals surface area contributed by atoms with E-state index in [1.54, 1.807) is 23.5 Å². The van der Waals surface area contributed by atoms with Crippen LogP contribution in [0, 0.1) is 0 Å². The molecule has 4 rings (SSSR count). The SMILES string of the molecule is C(=C\c1ccc(-c2ccc(/C=C/Sc3ccccc3)cc2)cc1)/Sc1ccccc1. The average Bonchev–Trinajstić information content (AvgIpc) is 2.82. The van der Waals surface area contributed by atoms with Crippen LogP contribution in [0.5, 0.6) is 0 Å². The molecule has 2 heteroatoms. The summed E-state index contributed by atoms with van der Waals surface area (Å²) < 4.78 is 0. The topological polar surface area (TPSA) is 0 Å². The smallest absolute Gasteiger partial charge is 0.0116 e. The van der Waals surface area contributed by atoms with E-state index in [4.69, 9.17) is 0 Å². The van der Waals surface area contributed by atoms with Gasteiger partial charge in [-0.1, -0.05) is 108 Å². The van der Waals surface area contributed by atoms with Crippen molar-refractivity contribution in [2.75, 3.05) is 0 Å². The first-order valence-electron chi connectivity index (χ1n) is 9.84. The van der Waals surface area contributed by atoms with E-state index in [9.17, 15) is 0 Å². The first kappa shape index (κ1) is 20.3. The number of benzene rings is 4. The highest BCUT2D eigenvalue weighted by Gasteiger charge is 1.98. The van der Waals surface area contributed by atoms with Gasteiger partial charge in [0.2, 0.25) is 0 Å². The standard InChI is InChI=1S/C28H22S2/c1-3-7-27(8-4-1)29-21-19-23-11-15-25(16-12-23)26-17-13-24(14-18-26)20-22-30-28-9-5-2-6-10-28/h1-22H/b21-19+,22-20+. The highest BCUT2D eigenvalue weighted by Crippen LogP contribution is 2.24. The molecule has 0 N–H and O–H groups in total. The Morgan fingerprint density at radius 1 is 0.400 bits per heavy atom. The minimum absolute atomic E-state index is 1.21. The molecule has 0 bridgehead atoms. The van der Waals surface area contributed by atoms with Crippen LogP contribution in [0.2, 0.25) is 0 Å². The summed E-state index contributed by atoms with van der Waals surface area (Å²) in [6, 6.07) is 38.2. The lowest BCUT2D eigenvalue weighted by Gasteiger charge is -2.03. The minimum Gasteiger partial charge on any atom is -0.0981 e. The van der Waals surface area contributed by atoms with E-state index in [0.717, 1.165) is 0 Å². The maximum absolute atomic E-state index is 2.18. The van der Waals surface area contributed by atoms with E-state index in [0.29, 0.717) is 0 Å². The molecule has 0 nitrogen and oxygen atoms in total. The summed E-state index contributed by atoms with van der Waals surface area (Å²) in [5, 5.41) is 4.28. The Morgan fingerprint density at radius 3 is 1.13 bits per heavy atom. The Bertz CT molecular complexity index is 1000. The molecule has 0 aliphatic carbocycles. The van der Waals surface area contributed by atoms with Crippen molar-refractivity contribution in [3.63, 3.8) is 0 Å². The van der Waals surface area contributed by atoms with Crippen LogP contribution < -0.4 is 0 Å². The van der Waals surface area contributed by atoms with Gasteiger partial charge in [-0.25, -0.2) is 0 Å². The van der Waals surface area contributed by atoms with E-state index < -0.39 is 0 Å². The number of hydrogen-bond donors (Lipinski definition) is 0. The molecule has 0 saturated carbocycles. The van der Waals surface area contributed by atoms with Crippen molar-refractivity contribution in [3.8, 4) is 11.1 Å². The van der Waals surface area contributed by atoms with Crippen molar-refractivity contribution in [1.29, 1.82) is 0 Å². The summed E-state index contributed by atoms with van der Waals surface area (Å²) >= 11 is 3.47. The molecular weight excluding hydrogens is 400 g/mol. The predicted octanol–water partition coefficient (Wildman–Crippen LogP) is 8.88. The Hall–Kier alpha value is -2.94. The minimum atomic E-state index is 1.21. The molecule has 0 aliphatic rings. The molecule has 4 aromatic carbocycles. The zero-order valence-corrected chi connectivity index (χ0v) is 18.2. The Morgan fingerprint density at radius 2 is 0.767 bits per heavy atom. The lowest BCUT2D eigenvalue weighted by Crippen LogP contribution is -1.79. The fourth-order valence-corrected chi connectivity index (χ4v) is 4.35. The molecule has 0 fully saturated rings. The summed E-state index contributed by atoms with van der Waals surface area (Å²) in [6.45, 7) is 0. The van der Waals surface area contributed by atoms with Gasteiger partial charge >= 0.3 is 0 Å². The van der Waals surface area contributed by atoms with Crippen LogP contribution in [0.4, 0.5) is 0 Å². The molecule has 0 saturated heterocycles. The second-order valence-corrected chi connectivity index (χ2v) is 8.67. The van der Waals surface area contributed by atoms with E-state index >= 15 is 0 Å². The molecule has 0 atom stereocenters. The van der Waals surface area contributed by atoms with Crippen LogP contribution >= 0.6 is 23.5 Å². The van der Waals surface area contributed by atoms with Crippen molar-refractivity contribution < 1.29 is 0 Å².